The molecule has 0 fully saturated rings. The number of hydrogen-bond acceptors (Lipinski definition) is 6. The lowest BCUT2D eigenvalue weighted by molar-refractivity contribution is 0.0954. The zero-order valence-corrected chi connectivity index (χ0v) is 17.7. The average Bonchev–Trinajstić information content (AvgIpc) is 2.85. The molecule has 7 nitrogen and oxygen atoms in total. The van der Waals surface area contributed by atoms with Gasteiger partial charge in [-0.2, -0.15) is 0 Å². The van der Waals surface area contributed by atoms with Crippen molar-refractivity contribution in [1.82, 2.24) is 20.3 Å². The normalized spacial score (nSPS) is 10.4. The lowest BCUT2D eigenvalue weighted by Gasteiger charge is -2.09. The van der Waals surface area contributed by atoms with Crippen LogP contribution in [0.2, 0.25) is 0 Å². The van der Waals surface area contributed by atoms with Crippen LogP contribution in [0.3, 0.4) is 0 Å². The first-order valence-corrected chi connectivity index (χ1v) is 10.2. The molecule has 32 heavy (non-hydrogen) atoms. The van der Waals surface area contributed by atoms with Crippen LogP contribution in [-0.2, 0) is 6.42 Å². The lowest BCUT2D eigenvalue weighted by Crippen LogP contribution is -2.25. The molecule has 0 saturated heterocycles. The van der Waals surface area contributed by atoms with Gasteiger partial charge in [0.15, 0.2) is 0 Å². The van der Waals surface area contributed by atoms with Crippen molar-refractivity contribution in [3.8, 4) is 16.9 Å². The number of methoxy groups -OCH3 is 1. The summed E-state index contributed by atoms with van der Waals surface area (Å²) in [5.74, 6) is 1.13. The Labute approximate surface area is 186 Å². The van der Waals surface area contributed by atoms with Gasteiger partial charge in [-0.3, -0.25) is 9.78 Å². The van der Waals surface area contributed by atoms with Crippen LogP contribution >= 0.6 is 0 Å². The zero-order chi connectivity index (χ0) is 22.2. The molecule has 0 unspecified atom stereocenters. The number of ether oxygens (including phenoxy) is 1. The van der Waals surface area contributed by atoms with E-state index in [1.54, 1.807) is 44.0 Å². The Hall–Kier alpha value is -4.26. The van der Waals surface area contributed by atoms with E-state index in [4.69, 9.17) is 4.74 Å². The summed E-state index contributed by atoms with van der Waals surface area (Å²) in [5.41, 5.74) is 4.35. The van der Waals surface area contributed by atoms with Crippen molar-refractivity contribution < 1.29 is 9.53 Å². The number of amides is 1. The molecule has 0 atom stereocenters. The van der Waals surface area contributed by atoms with Crippen LogP contribution in [0.25, 0.3) is 11.1 Å². The maximum absolute atomic E-state index is 12.5. The van der Waals surface area contributed by atoms with Gasteiger partial charge < -0.3 is 15.4 Å². The van der Waals surface area contributed by atoms with Crippen molar-refractivity contribution in [3.05, 3.63) is 96.6 Å². The van der Waals surface area contributed by atoms with E-state index in [0.717, 1.165) is 34.5 Å². The minimum absolute atomic E-state index is 0.126. The maximum atomic E-state index is 12.5. The zero-order valence-electron chi connectivity index (χ0n) is 17.7. The Kier molecular flexibility index (Phi) is 6.67. The van der Waals surface area contributed by atoms with Gasteiger partial charge in [0.25, 0.3) is 5.91 Å². The Balaban J connectivity index is 1.36. The molecule has 4 rings (SSSR count). The van der Waals surface area contributed by atoms with Crippen LogP contribution in [0.4, 0.5) is 11.6 Å². The number of nitrogens with one attached hydrogen (secondary N) is 2. The molecule has 0 radical (unpaired) electrons. The Morgan fingerprint density at radius 2 is 1.69 bits per heavy atom. The predicted molar refractivity (Wildman–Crippen MR) is 124 cm³/mol. The van der Waals surface area contributed by atoms with Crippen molar-refractivity contribution in [2.45, 2.75) is 6.42 Å². The summed E-state index contributed by atoms with van der Waals surface area (Å²) in [5, 5.41) is 6.09. The van der Waals surface area contributed by atoms with Gasteiger partial charge in [-0.25, -0.2) is 9.97 Å². The number of nitrogens with zero attached hydrogens (tertiary/aromatic N) is 3. The monoisotopic (exact) mass is 425 g/mol. The lowest BCUT2D eigenvalue weighted by atomic mass is 10.1. The van der Waals surface area contributed by atoms with Crippen LogP contribution < -0.4 is 15.4 Å². The summed E-state index contributed by atoms with van der Waals surface area (Å²) in [6.45, 7) is 0.552. The fraction of sp³-hybridized carbons (Fsp3) is 0.120. The highest BCUT2D eigenvalue weighted by molar-refractivity contribution is 5.95. The smallest absolute Gasteiger partial charge is 0.251 e. The van der Waals surface area contributed by atoms with Crippen LogP contribution in [0.1, 0.15) is 15.9 Å². The van der Waals surface area contributed by atoms with E-state index in [1.807, 2.05) is 48.5 Å². The van der Waals surface area contributed by atoms with Crippen LogP contribution in [0.15, 0.2) is 85.5 Å². The van der Waals surface area contributed by atoms with Gasteiger partial charge in [-0.05, 0) is 60.0 Å². The average molecular weight is 425 g/mol. The van der Waals surface area contributed by atoms with Gasteiger partial charge in [0, 0.05) is 48.1 Å². The van der Waals surface area contributed by atoms with Crippen molar-refractivity contribution in [3.63, 3.8) is 0 Å². The van der Waals surface area contributed by atoms with Crippen LogP contribution in [0.5, 0.6) is 5.75 Å². The molecular weight excluding hydrogens is 402 g/mol. The highest BCUT2D eigenvalue weighted by Gasteiger charge is 2.07. The minimum atomic E-state index is -0.126. The van der Waals surface area contributed by atoms with E-state index >= 15 is 0 Å². The Morgan fingerprint density at radius 3 is 2.41 bits per heavy atom. The van der Waals surface area contributed by atoms with E-state index in [2.05, 4.69) is 25.6 Å². The summed E-state index contributed by atoms with van der Waals surface area (Å²) in [4.78, 5) is 25.3. The molecule has 0 aliphatic heterocycles. The molecule has 0 bridgehead atoms. The SMILES string of the molecule is COc1ccc(-c2cnc(Nc3cccc(C(=O)NCCc4ccncc4)c3)nc2)cc1. The molecule has 2 N–H and O–H groups in total. The summed E-state index contributed by atoms with van der Waals surface area (Å²) in [7, 11) is 1.64. The summed E-state index contributed by atoms with van der Waals surface area (Å²) in [6.07, 6.45) is 7.76. The van der Waals surface area contributed by atoms with Crippen molar-refractivity contribution in [1.29, 1.82) is 0 Å². The Morgan fingerprint density at radius 1 is 0.938 bits per heavy atom. The number of carbonyl (C=O) groups excluding carboxylic acids is 1. The minimum Gasteiger partial charge on any atom is -0.497 e. The number of carbonyl (C=O) groups is 1. The second kappa shape index (κ2) is 10.2. The first-order chi connectivity index (χ1) is 15.7. The van der Waals surface area contributed by atoms with Crippen LogP contribution in [-0.4, -0.2) is 34.5 Å². The molecule has 0 spiro atoms. The van der Waals surface area contributed by atoms with Gasteiger partial charge in [-0.1, -0.05) is 18.2 Å². The van der Waals surface area contributed by atoms with E-state index < -0.39 is 0 Å². The number of benzene rings is 2. The van der Waals surface area contributed by atoms with E-state index in [-0.39, 0.29) is 5.91 Å². The van der Waals surface area contributed by atoms with Gasteiger partial charge in [0.2, 0.25) is 5.95 Å². The van der Waals surface area contributed by atoms with Crippen molar-refractivity contribution >= 4 is 17.5 Å². The molecule has 7 heteroatoms. The first-order valence-electron chi connectivity index (χ1n) is 10.2. The van der Waals surface area contributed by atoms with Gasteiger partial charge in [-0.15, -0.1) is 0 Å². The number of anilines is 2. The number of pyridine rings is 1. The van der Waals surface area contributed by atoms with Gasteiger partial charge in [0.1, 0.15) is 5.75 Å². The largest absolute Gasteiger partial charge is 0.497 e. The number of rotatable bonds is 8. The van der Waals surface area contributed by atoms with E-state index in [9.17, 15) is 4.79 Å². The topological polar surface area (TPSA) is 89.0 Å². The Bertz CT molecular complexity index is 1160. The number of hydrogen-bond donors (Lipinski definition) is 2. The molecule has 0 aliphatic carbocycles. The van der Waals surface area contributed by atoms with E-state index in [1.165, 1.54) is 0 Å². The van der Waals surface area contributed by atoms with E-state index in [0.29, 0.717) is 18.1 Å². The first kappa shape index (κ1) is 21.0. The van der Waals surface area contributed by atoms with Crippen molar-refractivity contribution in [2.24, 2.45) is 0 Å². The third kappa shape index (κ3) is 5.46. The van der Waals surface area contributed by atoms with Crippen molar-refractivity contribution in [2.75, 3.05) is 19.0 Å². The number of aromatic nitrogens is 3. The summed E-state index contributed by atoms with van der Waals surface area (Å²) < 4.78 is 5.19. The molecule has 0 aliphatic rings. The summed E-state index contributed by atoms with van der Waals surface area (Å²) >= 11 is 0. The maximum Gasteiger partial charge on any atom is 0.251 e. The fourth-order valence-corrected chi connectivity index (χ4v) is 3.16. The van der Waals surface area contributed by atoms with Gasteiger partial charge >= 0.3 is 0 Å². The van der Waals surface area contributed by atoms with Crippen LogP contribution in [0, 0.1) is 0 Å². The predicted octanol–water partition coefficient (Wildman–Crippen LogP) is 4.26. The fourth-order valence-electron chi connectivity index (χ4n) is 3.16. The highest BCUT2D eigenvalue weighted by Crippen LogP contribution is 2.22. The molecule has 1 amide bonds. The molecule has 2 heterocycles. The standard InChI is InChI=1S/C25H23N5O2/c1-32-23-7-5-19(6-8-23)21-16-28-25(29-17-21)30-22-4-2-3-20(15-22)24(31)27-14-11-18-9-12-26-13-10-18/h2-10,12-13,15-17H,11,14H2,1H3,(H,27,31)(H,28,29,30). The molecular formula is C25H23N5O2. The second-order valence-electron chi connectivity index (χ2n) is 7.09. The third-order valence-electron chi connectivity index (χ3n) is 4.90. The van der Waals surface area contributed by atoms with Gasteiger partial charge in [0.05, 0.1) is 7.11 Å². The molecule has 0 saturated carbocycles. The molecule has 160 valence electrons. The second-order valence-corrected chi connectivity index (χ2v) is 7.09. The quantitative estimate of drug-likeness (QED) is 0.438. The summed E-state index contributed by atoms with van der Waals surface area (Å²) in [6, 6.07) is 18.9. The molecule has 2 aromatic carbocycles. The molecule has 2 aromatic heterocycles. The highest BCUT2D eigenvalue weighted by atomic mass is 16.5. The third-order valence-corrected chi connectivity index (χ3v) is 4.90. The molecule has 4 aromatic rings.